The van der Waals surface area contributed by atoms with Crippen molar-refractivity contribution in [3.63, 3.8) is 0 Å². The second-order valence-corrected chi connectivity index (χ2v) is 6.82. The minimum atomic E-state index is -2.46. The Bertz CT molecular complexity index is 686. The van der Waals surface area contributed by atoms with E-state index in [0.29, 0.717) is 28.6 Å². The van der Waals surface area contributed by atoms with Crippen molar-refractivity contribution in [2.75, 3.05) is 17.6 Å². The summed E-state index contributed by atoms with van der Waals surface area (Å²) >= 11 is 8.30. The summed E-state index contributed by atoms with van der Waals surface area (Å²) in [6.45, 7) is 0.456. The fraction of sp³-hybridized carbons (Fsp3) is 0.286. The maximum absolute atomic E-state index is 12.4. The number of alkyl halides is 2. The zero-order chi connectivity index (χ0) is 16.8. The molecule has 1 aromatic carbocycles. The molecule has 1 heterocycles. The summed E-state index contributed by atoms with van der Waals surface area (Å²) < 4.78 is 24.8. The van der Waals surface area contributed by atoms with Crippen LogP contribution < -0.4 is 11.1 Å². The van der Waals surface area contributed by atoms with Crippen molar-refractivity contribution in [2.24, 2.45) is 5.73 Å². The fourth-order valence-electron chi connectivity index (χ4n) is 1.74. The quantitative estimate of drug-likeness (QED) is 0.662. The van der Waals surface area contributed by atoms with Crippen LogP contribution >= 0.6 is 47.1 Å². The molecule has 1 aromatic heterocycles. The standard InChI is InChI=1S/C14H14ClF2N3OS2.ClH/c15-8-2-1-3-9(13(8)23-7-11(16)17)20-14(21)10-6-22-12(19-10)4-5-18;/h1-3,6,11H,4-5,7,18H2,(H,20,21);1H. The normalized spacial score (nSPS) is 10.5. The van der Waals surface area contributed by atoms with Gasteiger partial charge in [-0.25, -0.2) is 13.8 Å². The van der Waals surface area contributed by atoms with E-state index in [9.17, 15) is 13.6 Å². The molecule has 2 rings (SSSR count). The molecule has 0 unspecified atom stereocenters. The van der Waals surface area contributed by atoms with Gasteiger partial charge in [0.25, 0.3) is 5.91 Å². The number of nitrogens with two attached hydrogens (primary N) is 1. The topological polar surface area (TPSA) is 68.0 Å². The van der Waals surface area contributed by atoms with Gasteiger partial charge in [-0.3, -0.25) is 4.79 Å². The Morgan fingerprint density at radius 3 is 2.88 bits per heavy atom. The van der Waals surface area contributed by atoms with Crippen LogP contribution in [-0.2, 0) is 6.42 Å². The van der Waals surface area contributed by atoms with Gasteiger partial charge in [-0.1, -0.05) is 17.7 Å². The Hall–Kier alpha value is -0.930. The van der Waals surface area contributed by atoms with E-state index in [1.807, 2.05) is 0 Å². The number of hydrogen-bond donors (Lipinski definition) is 2. The highest BCUT2D eigenvalue weighted by atomic mass is 35.5. The van der Waals surface area contributed by atoms with Crippen LogP contribution in [0, 0.1) is 0 Å². The molecule has 0 saturated heterocycles. The smallest absolute Gasteiger partial charge is 0.275 e. The van der Waals surface area contributed by atoms with Crippen LogP contribution in [0.15, 0.2) is 28.5 Å². The number of thiazole rings is 1. The first-order chi connectivity index (χ1) is 11.0. The average molecular weight is 414 g/mol. The molecule has 0 fully saturated rings. The molecular formula is C14H15Cl2F2N3OS2. The summed E-state index contributed by atoms with van der Waals surface area (Å²) in [5, 5.41) is 5.40. The molecule has 2 aromatic rings. The van der Waals surface area contributed by atoms with Gasteiger partial charge in [0.1, 0.15) is 5.69 Å². The Kier molecular flexibility index (Phi) is 8.93. The molecule has 0 aliphatic carbocycles. The molecule has 0 aliphatic rings. The summed E-state index contributed by atoms with van der Waals surface area (Å²) in [6.07, 6.45) is -1.86. The second kappa shape index (κ2) is 10.1. The highest BCUT2D eigenvalue weighted by Crippen LogP contribution is 2.35. The lowest BCUT2D eigenvalue weighted by Crippen LogP contribution is -2.13. The van der Waals surface area contributed by atoms with E-state index in [0.717, 1.165) is 16.8 Å². The number of carbonyl (C=O) groups is 1. The molecule has 0 bridgehead atoms. The van der Waals surface area contributed by atoms with Crippen molar-refractivity contribution in [1.82, 2.24) is 4.98 Å². The highest BCUT2D eigenvalue weighted by molar-refractivity contribution is 7.99. The molecule has 0 saturated carbocycles. The summed E-state index contributed by atoms with van der Waals surface area (Å²) in [6, 6.07) is 4.85. The number of hydrogen-bond acceptors (Lipinski definition) is 5. The van der Waals surface area contributed by atoms with Gasteiger partial charge < -0.3 is 11.1 Å². The first-order valence-corrected chi connectivity index (χ1v) is 8.91. The van der Waals surface area contributed by atoms with Gasteiger partial charge >= 0.3 is 0 Å². The molecule has 0 spiro atoms. The molecule has 1 amide bonds. The molecule has 3 N–H and O–H groups in total. The number of nitrogens with one attached hydrogen (secondary N) is 1. The fourth-order valence-corrected chi connectivity index (χ4v) is 3.65. The number of rotatable bonds is 7. The van der Waals surface area contributed by atoms with Crippen molar-refractivity contribution in [2.45, 2.75) is 17.7 Å². The van der Waals surface area contributed by atoms with Gasteiger partial charge in [0.15, 0.2) is 0 Å². The molecule has 10 heteroatoms. The number of aromatic nitrogens is 1. The van der Waals surface area contributed by atoms with E-state index in [-0.39, 0.29) is 18.1 Å². The minimum Gasteiger partial charge on any atom is -0.330 e. The van der Waals surface area contributed by atoms with Crippen LogP contribution in [0.25, 0.3) is 0 Å². The largest absolute Gasteiger partial charge is 0.330 e. The van der Waals surface area contributed by atoms with Crippen LogP contribution in [0.2, 0.25) is 5.02 Å². The first kappa shape index (κ1) is 21.1. The molecule has 0 aliphatic heterocycles. The van der Waals surface area contributed by atoms with Crippen molar-refractivity contribution in [1.29, 1.82) is 0 Å². The Morgan fingerprint density at radius 1 is 1.46 bits per heavy atom. The summed E-state index contributed by atoms with van der Waals surface area (Å²) in [5.74, 6) is -0.810. The number of halogens is 4. The summed E-state index contributed by atoms with van der Waals surface area (Å²) in [7, 11) is 0. The van der Waals surface area contributed by atoms with Gasteiger partial charge in [-0.2, -0.15) is 0 Å². The highest BCUT2D eigenvalue weighted by Gasteiger charge is 2.16. The molecule has 0 atom stereocenters. The van der Waals surface area contributed by atoms with E-state index in [1.54, 1.807) is 23.6 Å². The van der Waals surface area contributed by atoms with Gasteiger partial charge in [0.05, 0.1) is 21.5 Å². The van der Waals surface area contributed by atoms with Crippen molar-refractivity contribution < 1.29 is 13.6 Å². The third-order valence-corrected chi connectivity index (χ3v) is 5.19. The van der Waals surface area contributed by atoms with E-state index in [2.05, 4.69) is 10.3 Å². The third-order valence-electron chi connectivity index (χ3n) is 2.71. The maximum atomic E-state index is 12.4. The lowest BCUT2D eigenvalue weighted by Gasteiger charge is -2.11. The first-order valence-electron chi connectivity index (χ1n) is 6.66. The van der Waals surface area contributed by atoms with Crippen molar-refractivity contribution >= 4 is 58.7 Å². The number of benzene rings is 1. The van der Waals surface area contributed by atoms with Crippen molar-refractivity contribution in [3.8, 4) is 0 Å². The zero-order valence-electron chi connectivity index (χ0n) is 12.3. The predicted octanol–water partition coefficient (Wildman–Crippen LogP) is 4.33. The molecular weight excluding hydrogens is 399 g/mol. The lowest BCUT2D eigenvalue weighted by atomic mass is 10.3. The average Bonchev–Trinajstić information content (AvgIpc) is 2.95. The Labute approximate surface area is 157 Å². The van der Waals surface area contributed by atoms with Gasteiger partial charge in [0.2, 0.25) is 6.43 Å². The zero-order valence-corrected chi connectivity index (χ0v) is 15.5. The third kappa shape index (κ3) is 5.86. The summed E-state index contributed by atoms with van der Waals surface area (Å²) in [4.78, 5) is 16.8. The Morgan fingerprint density at radius 2 is 2.21 bits per heavy atom. The Balaban J connectivity index is 0.00000288. The SMILES string of the molecule is Cl.NCCc1nc(C(=O)Nc2cccc(Cl)c2SCC(F)F)cs1. The van der Waals surface area contributed by atoms with Crippen LogP contribution in [0.1, 0.15) is 15.5 Å². The van der Waals surface area contributed by atoms with Crippen LogP contribution in [-0.4, -0.2) is 29.6 Å². The summed E-state index contributed by atoms with van der Waals surface area (Å²) in [5.41, 5.74) is 6.11. The molecule has 24 heavy (non-hydrogen) atoms. The van der Waals surface area contributed by atoms with E-state index in [4.69, 9.17) is 17.3 Å². The number of amides is 1. The second-order valence-electron chi connectivity index (χ2n) is 4.44. The van der Waals surface area contributed by atoms with E-state index >= 15 is 0 Å². The maximum Gasteiger partial charge on any atom is 0.275 e. The van der Waals surface area contributed by atoms with E-state index in [1.165, 1.54) is 11.3 Å². The van der Waals surface area contributed by atoms with Gasteiger partial charge in [0, 0.05) is 16.7 Å². The molecule has 0 radical (unpaired) electrons. The minimum absolute atomic E-state index is 0. The number of carbonyl (C=O) groups excluding carboxylic acids is 1. The van der Waals surface area contributed by atoms with Gasteiger partial charge in [-0.15, -0.1) is 35.5 Å². The van der Waals surface area contributed by atoms with E-state index < -0.39 is 18.1 Å². The van der Waals surface area contributed by atoms with Crippen LogP contribution in [0.4, 0.5) is 14.5 Å². The van der Waals surface area contributed by atoms with Crippen molar-refractivity contribution in [3.05, 3.63) is 39.3 Å². The van der Waals surface area contributed by atoms with Gasteiger partial charge in [-0.05, 0) is 18.7 Å². The van der Waals surface area contributed by atoms with Crippen LogP contribution in [0.3, 0.4) is 0 Å². The molecule has 132 valence electrons. The number of thioether (sulfide) groups is 1. The van der Waals surface area contributed by atoms with Crippen LogP contribution in [0.5, 0.6) is 0 Å². The number of nitrogens with zero attached hydrogens (tertiary/aromatic N) is 1. The lowest BCUT2D eigenvalue weighted by molar-refractivity contribution is 0.102. The molecule has 4 nitrogen and oxygen atoms in total. The monoisotopic (exact) mass is 413 g/mol. The predicted molar refractivity (Wildman–Crippen MR) is 98.3 cm³/mol. The number of anilines is 1.